The second kappa shape index (κ2) is 12.4. The predicted molar refractivity (Wildman–Crippen MR) is 131 cm³/mol. The van der Waals surface area contributed by atoms with Crippen LogP contribution in [0.1, 0.15) is 93.9 Å². The third kappa shape index (κ3) is 7.53. The van der Waals surface area contributed by atoms with Gasteiger partial charge in [0, 0.05) is 11.1 Å². The Labute approximate surface area is 184 Å². The van der Waals surface area contributed by atoms with E-state index in [1.54, 1.807) is 0 Å². The summed E-state index contributed by atoms with van der Waals surface area (Å²) >= 11 is 0. The van der Waals surface area contributed by atoms with E-state index in [-0.39, 0.29) is 0 Å². The second-order valence-electron chi connectivity index (χ2n) is 8.99. The SMILES string of the molecule is C/C=C/c1ccc(C#Cc2ccc(CCC3CCC(CCCCC)CC3)cc2)cc1. The molecule has 0 N–H and O–H groups in total. The lowest BCUT2D eigenvalue weighted by molar-refractivity contribution is 0.249. The molecule has 0 atom stereocenters. The summed E-state index contributed by atoms with van der Waals surface area (Å²) in [6.45, 7) is 4.34. The van der Waals surface area contributed by atoms with Gasteiger partial charge in [-0.25, -0.2) is 0 Å². The molecule has 1 saturated carbocycles. The Morgan fingerprint density at radius 2 is 1.33 bits per heavy atom. The summed E-state index contributed by atoms with van der Waals surface area (Å²) in [6.07, 6.45) is 18.3. The summed E-state index contributed by atoms with van der Waals surface area (Å²) in [4.78, 5) is 0. The molecule has 2 aromatic carbocycles. The van der Waals surface area contributed by atoms with Gasteiger partial charge >= 0.3 is 0 Å². The van der Waals surface area contributed by atoms with Gasteiger partial charge in [-0.1, -0.05) is 107 Å². The van der Waals surface area contributed by atoms with Crippen molar-refractivity contribution in [1.82, 2.24) is 0 Å². The fourth-order valence-electron chi connectivity index (χ4n) is 4.63. The Balaban J connectivity index is 1.42. The Morgan fingerprint density at radius 3 is 1.90 bits per heavy atom. The Kier molecular flexibility index (Phi) is 9.30. The molecule has 0 amide bonds. The van der Waals surface area contributed by atoms with Crippen LogP contribution in [0, 0.1) is 23.7 Å². The van der Waals surface area contributed by atoms with E-state index in [9.17, 15) is 0 Å². The lowest BCUT2D eigenvalue weighted by Gasteiger charge is -2.28. The van der Waals surface area contributed by atoms with Crippen LogP contribution < -0.4 is 0 Å². The van der Waals surface area contributed by atoms with E-state index in [0.717, 1.165) is 23.0 Å². The standard InChI is InChI=1S/C30H38/c1-3-5-6-8-26-11-15-28(16-12-26)18-20-30-23-21-29(22-24-30)19-17-27-13-9-25(7-4-2)10-14-27/h4,7,9-10,13-14,21-24,26,28H,3,5-6,8,11-12,15-16,18,20H2,1-2H3/b7-4+. The molecule has 30 heavy (non-hydrogen) atoms. The van der Waals surface area contributed by atoms with Crippen molar-refractivity contribution < 1.29 is 0 Å². The third-order valence-corrected chi connectivity index (χ3v) is 6.60. The normalized spacial score (nSPS) is 18.9. The third-order valence-electron chi connectivity index (χ3n) is 6.60. The van der Waals surface area contributed by atoms with Gasteiger partial charge in [-0.2, -0.15) is 0 Å². The van der Waals surface area contributed by atoms with Crippen LogP contribution >= 0.6 is 0 Å². The van der Waals surface area contributed by atoms with Crippen LogP contribution in [0.15, 0.2) is 54.6 Å². The lowest BCUT2D eigenvalue weighted by Crippen LogP contribution is -2.15. The monoisotopic (exact) mass is 398 g/mol. The Bertz CT molecular complexity index is 818. The van der Waals surface area contributed by atoms with E-state index in [1.807, 2.05) is 6.92 Å². The van der Waals surface area contributed by atoms with Crippen molar-refractivity contribution in [2.75, 3.05) is 0 Å². The van der Waals surface area contributed by atoms with Crippen molar-refractivity contribution in [1.29, 1.82) is 0 Å². The highest BCUT2D eigenvalue weighted by Gasteiger charge is 2.20. The topological polar surface area (TPSA) is 0 Å². The Morgan fingerprint density at radius 1 is 0.767 bits per heavy atom. The highest BCUT2D eigenvalue weighted by Crippen LogP contribution is 2.34. The number of rotatable bonds is 8. The number of unbranched alkanes of at least 4 members (excludes halogenated alkanes) is 2. The number of benzene rings is 2. The van der Waals surface area contributed by atoms with Gasteiger partial charge in [-0.05, 0) is 67.0 Å². The highest BCUT2D eigenvalue weighted by molar-refractivity contribution is 5.52. The number of allylic oxidation sites excluding steroid dienone is 1. The molecule has 0 unspecified atom stereocenters. The summed E-state index contributed by atoms with van der Waals surface area (Å²) in [5.74, 6) is 8.54. The van der Waals surface area contributed by atoms with Crippen molar-refractivity contribution >= 4 is 6.08 Å². The highest BCUT2D eigenvalue weighted by atomic mass is 14.3. The molecule has 0 heteroatoms. The van der Waals surface area contributed by atoms with Crippen LogP contribution in [0.4, 0.5) is 0 Å². The molecular weight excluding hydrogens is 360 g/mol. The number of aryl methyl sites for hydroxylation is 1. The molecule has 0 saturated heterocycles. The maximum absolute atomic E-state index is 3.30. The first-order valence-corrected chi connectivity index (χ1v) is 12.1. The largest absolute Gasteiger partial charge is 0.0871 e. The van der Waals surface area contributed by atoms with Gasteiger partial charge in [0.15, 0.2) is 0 Å². The Hall–Kier alpha value is -2.26. The summed E-state index contributed by atoms with van der Waals surface area (Å²) < 4.78 is 0. The van der Waals surface area contributed by atoms with Crippen LogP contribution in [0.3, 0.4) is 0 Å². The average molecular weight is 399 g/mol. The quantitative estimate of drug-likeness (QED) is 0.309. The molecule has 0 nitrogen and oxygen atoms in total. The summed E-state index contributed by atoms with van der Waals surface area (Å²) in [5.41, 5.74) is 4.85. The van der Waals surface area contributed by atoms with Gasteiger partial charge in [0.1, 0.15) is 0 Å². The zero-order valence-electron chi connectivity index (χ0n) is 19.0. The summed E-state index contributed by atoms with van der Waals surface area (Å²) in [6, 6.07) is 17.3. The van der Waals surface area contributed by atoms with Gasteiger partial charge in [0.2, 0.25) is 0 Å². The molecular formula is C30H38. The summed E-state index contributed by atoms with van der Waals surface area (Å²) in [5, 5.41) is 0. The molecule has 0 aromatic heterocycles. The van der Waals surface area contributed by atoms with Gasteiger partial charge < -0.3 is 0 Å². The van der Waals surface area contributed by atoms with Crippen molar-refractivity contribution in [2.24, 2.45) is 11.8 Å². The minimum Gasteiger partial charge on any atom is -0.0871 e. The van der Waals surface area contributed by atoms with Crippen LogP contribution in [-0.2, 0) is 6.42 Å². The molecule has 3 rings (SSSR count). The molecule has 1 fully saturated rings. The van der Waals surface area contributed by atoms with Crippen molar-refractivity contribution in [3.63, 3.8) is 0 Å². The first-order valence-electron chi connectivity index (χ1n) is 12.1. The van der Waals surface area contributed by atoms with E-state index in [2.05, 4.69) is 79.4 Å². The molecule has 158 valence electrons. The average Bonchev–Trinajstić information content (AvgIpc) is 2.79. The zero-order valence-corrected chi connectivity index (χ0v) is 19.0. The molecule has 0 spiro atoms. The van der Waals surface area contributed by atoms with Gasteiger partial charge in [-0.3, -0.25) is 0 Å². The van der Waals surface area contributed by atoms with Crippen molar-refractivity contribution in [2.45, 2.75) is 78.1 Å². The fourth-order valence-corrected chi connectivity index (χ4v) is 4.63. The summed E-state index contributed by atoms with van der Waals surface area (Å²) in [7, 11) is 0. The van der Waals surface area contributed by atoms with Gasteiger partial charge in [0.05, 0.1) is 0 Å². The minimum atomic E-state index is 0.942. The van der Waals surface area contributed by atoms with Crippen LogP contribution in [-0.4, -0.2) is 0 Å². The van der Waals surface area contributed by atoms with Crippen LogP contribution in [0.5, 0.6) is 0 Å². The van der Waals surface area contributed by atoms with Gasteiger partial charge in [-0.15, -0.1) is 0 Å². The van der Waals surface area contributed by atoms with E-state index in [0.29, 0.717) is 0 Å². The van der Waals surface area contributed by atoms with E-state index >= 15 is 0 Å². The fraction of sp³-hybridized carbons (Fsp3) is 0.467. The van der Waals surface area contributed by atoms with Crippen molar-refractivity contribution in [3.05, 3.63) is 76.9 Å². The molecule has 1 aliphatic carbocycles. The molecule has 0 radical (unpaired) electrons. The smallest absolute Gasteiger partial charge is 0.0249 e. The maximum Gasteiger partial charge on any atom is 0.0249 e. The number of hydrogen-bond acceptors (Lipinski definition) is 0. The molecule has 0 bridgehead atoms. The van der Waals surface area contributed by atoms with Gasteiger partial charge in [0.25, 0.3) is 0 Å². The van der Waals surface area contributed by atoms with Crippen LogP contribution in [0.25, 0.3) is 6.08 Å². The van der Waals surface area contributed by atoms with E-state index in [4.69, 9.17) is 0 Å². The maximum atomic E-state index is 3.30. The molecule has 2 aromatic rings. The van der Waals surface area contributed by atoms with Crippen molar-refractivity contribution in [3.8, 4) is 11.8 Å². The molecule has 0 aliphatic heterocycles. The van der Waals surface area contributed by atoms with Crippen LogP contribution in [0.2, 0.25) is 0 Å². The lowest BCUT2D eigenvalue weighted by atomic mass is 9.78. The molecule has 1 aliphatic rings. The van der Waals surface area contributed by atoms with E-state index < -0.39 is 0 Å². The minimum absolute atomic E-state index is 0.942. The first kappa shape index (κ1) is 22.4. The van der Waals surface area contributed by atoms with E-state index in [1.165, 1.54) is 75.3 Å². The number of hydrogen-bond donors (Lipinski definition) is 0. The first-order chi connectivity index (χ1) is 14.8. The molecule has 0 heterocycles. The zero-order chi connectivity index (χ0) is 21.0. The predicted octanol–water partition coefficient (Wildman–Crippen LogP) is 8.44. The second-order valence-corrected chi connectivity index (χ2v) is 8.99.